The maximum Gasteiger partial charge on any atom is 0.696 e. The zero-order valence-corrected chi connectivity index (χ0v) is 18.4. The molecule has 0 bridgehead atoms. The molecule has 0 fully saturated rings. The van der Waals surface area contributed by atoms with Crippen molar-refractivity contribution in [3.05, 3.63) is 60.9 Å². The molecule has 13 heteroatoms. The number of methoxy groups -OCH3 is 1. The number of carbonyl (C=O) groups is 1. The lowest BCUT2D eigenvalue weighted by atomic mass is 10.2. The van der Waals surface area contributed by atoms with E-state index in [2.05, 4.69) is 25.0 Å². The molecule has 33 heavy (non-hydrogen) atoms. The van der Waals surface area contributed by atoms with Gasteiger partial charge in [-0.3, -0.25) is 14.5 Å². The highest BCUT2D eigenvalue weighted by Crippen LogP contribution is 2.27. The van der Waals surface area contributed by atoms with Crippen LogP contribution in [0.4, 0.5) is 5.69 Å². The lowest BCUT2D eigenvalue weighted by Gasteiger charge is -2.03. The summed E-state index contributed by atoms with van der Waals surface area (Å²) in [6, 6.07) is 8.61. The second-order valence-corrected chi connectivity index (χ2v) is 7.48. The number of pyridine rings is 1. The van der Waals surface area contributed by atoms with Crippen LogP contribution < -0.4 is 5.32 Å². The van der Waals surface area contributed by atoms with E-state index < -0.39 is 14.2 Å². The van der Waals surface area contributed by atoms with E-state index in [1.54, 1.807) is 54.6 Å². The minimum absolute atomic E-state index is 0.0871. The first-order chi connectivity index (χ1) is 16.0. The summed E-state index contributed by atoms with van der Waals surface area (Å²) >= 11 is 0. The number of ether oxygens (including phenoxy) is 1. The third-order valence-electron chi connectivity index (χ3n) is 4.49. The molecule has 0 saturated heterocycles. The van der Waals surface area contributed by atoms with Crippen LogP contribution in [0.25, 0.3) is 22.7 Å². The number of anilines is 1. The highest BCUT2D eigenvalue weighted by molar-refractivity contribution is 7.32. The number of aromatic nitrogens is 5. The van der Waals surface area contributed by atoms with Crippen molar-refractivity contribution in [1.82, 2.24) is 24.5 Å². The van der Waals surface area contributed by atoms with Gasteiger partial charge in [-0.25, -0.2) is 4.68 Å². The van der Waals surface area contributed by atoms with Gasteiger partial charge in [-0.1, -0.05) is 10.6 Å². The van der Waals surface area contributed by atoms with Gasteiger partial charge >= 0.3 is 8.25 Å². The summed E-state index contributed by atoms with van der Waals surface area (Å²) in [6.07, 6.45) is 6.42. The Hall–Kier alpha value is -3.70. The van der Waals surface area contributed by atoms with E-state index in [4.69, 9.17) is 14.0 Å². The minimum Gasteiger partial charge on any atom is -0.451 e. The zero-order valence-electron chi connectivity index (χ0n) is 17.5. The molecule has 0 aromatic carbocycles. The van der Waals surface area contributed by atoms with Crippen molar-refractivity contribution < 1.29 is 27.9 Å². The molecular formula is C20H20N6O6P+. The standard InChI is InChI=1S/C20H19N6O6P/c1-30-9-8-25-12-16(19(24-25)15-4-2-3-7-21-15)23-20(27)18-6-5-17(32-18)14-10-22-26(11-14)13-31-33(28)29/h2-7,10-12H,8-9,13H2,1H3,(H-,23,27,28,29)/p+1. The number of hydrogen-bond acceptors (Lipinski definition) is 8. The van der Waals surface area contributed by atoms with Crippen molar-refractivity contribution in [2.75, 3.05) is 19.0 Å². The first-order valence-electron chi connectivity index (χ1n) is 9.74. The smallest absolute Gasteiger partial charge is 0.451 e. The molecule has 1 unspecified atom stereocenters. The predicted molar refractivity (Wildman–Crippen MR) is 116 cm³/mol. The maximum absolute atomic E-state index is 12.9. The van der Waals surface area contributed by atoms with Crippen LogP contribution in [-0.2, 0) is 27.1 Å². The van der Waals surface area contributed by atoms with Gasteiger partial charge in [0.05, 0.1) is 36.3 Å². The summed E-state index contributed by atoms with van der Waals surface area (Å²) in [6.45, 7) is 0.782. The first kappa shape index (κ1) is 22.5. The molecule has 0 spiro atoms. The van der Waals surface area contributed by atoms with Gasteiger partial charge in [-0.05, 0) is 24.3 Å². The van der Waals surface area contributed by atoms with Gasteiger partial charge in [-0.2, -0.15) is 10.2 Å². The highest BCUT2D eigenvalue weighted by Gasteiger charge is 2.19. The Bertz CT molecular complexity index is 1250. The molecule has 4 rings (SSSR count). The molecule has 4 heterocycles. The lowest BCUT2D eigenvalue weighted by molar-refractivity contribution is 0.0997. The summed E-state index contributed by atoms with van der Waals surface area (Å²) in [5.41, 5.74) is 2.20. The van der Waals surface area contributed by atoms with Gasteiger partial charge in [0, 0.05) is 30.3 Å². The average molecular weight is 471 g/mol. The van der Waals surface area contributed by atoms with Crippen LogP contribution in [0.1, 0.15) is 10.6 Å². The van der Waals surface area contributed by atoms with Gasteiger partial charge in [0.25, 0.3) is 5.91 Å². The number of amides is 1. The molecular weight excluding hydrogens is 451 g/mol. The molecule has 4 aromatic heterocycles. The monoisotopic (exact) mass is 471 g/mol. The molecule has 1 atom stereocenters. The van der Waals surface area contributed by atoms with Crippen molar-refractivity contribution in [1.29, 1.82) is 0 Å². The number of carbonyl (C=O) groups excluding carboxylic acids is 1. The van der Waals surface area contributed by atoms with E-state index >= 15 is 0 Å². The number of nitrogens with zero attached hydrogens (tertiary/aromatic N) is 5. The van der Waals surface area contributed by atoms with Crippen molar-refractivity contribution in [3.8, 4) is 22.7 Å². The van der Waals surface area contributed by atoms with Crippen LogP contribution in [0, 0.1) is 0 Å². The molecule has 2 N–H and O–H groups in total. The van der Waals surface area contributed by atoms with E-state index in [0.29, 0.717) is 41.6 Å². The van der Waals surface area contributed by atoms with Crippen molar-refractivity contribution in [2.45, 2.75) is 13.3 Å². The van der Waals surface area contributed by atoms with E-state index in [1.165, 1.54) is 10.9 Å². The molecule has 0 saturated carbocycles. The highest BCUT2D eigenvalue weighted by atomic mass is 31.1. The fourth-order valence-corrected chi connectivity index (χ4v) is 3.19. The topological polar surface area (TPSA) is 147 Å². The minimum atomic E-state index is -2.73. The largest absolute Gasteiger partial charge is 0.696 e. The van der Waals surface area contributed by atoms with Crippen LogP contribution in [0.2, 0.25) is 0 Å². The Kier molecular flexibility index (Phi) is 7.01. The second kappa shape index (κ2) is 10.3. The Morgan fingerprint density at radius 3 is 2.88 bits per heavy atom. The van der Waals surface area contributed by atoms with E-state index in [0.717, 1.165) is 0 Å². The predicted octanol–water partition coefficient (Wildman–Crippen LogP) is 2.92. The van der Waals surface area contributed by atoms with E-state index in [-0.39, 0.29) is 12.5 Å². The number of furan rings is 1. The van der Waals surface area contributed by atoms with Gasteiger partial charge < -0.3 is 14.5 Å². The average Bonchev–Trinajstić information content (AvgIpc) is 3.56. The quantitative estimate of drug-likeness (QED) is 0.333. The summed E-state index contributed by atoms with van der Waals surface area (Å²) in [4.78, 5) is 25.9. The molecule has 4 aromatic rings. The van der Waals surface area contributed by atoms with Gasteiger partial charge in [-0.15, -0.1) is 4.89 Å². The van der Waals surface area contributed by atoms with Crippen LogP contribution >= 0.6 is 8.25 Å². The SMILES string of the molecule is COCCn1cc(NC(=O)c2ccc(-c3cnn(CO[P+](=O)O)c3)o2)c(-c2ccccn2)n1. The molecule has 170 valence electrons. The van der Waals surface area contributed by atoms with E-state index in [9.17, 15) is 9.36 Å². The molecule has 0 radical (unpaired) electrons. The van der Waals surface area contributed by atoms with Crippen molar-refractivity contribution in [2.24, 2.45) is 0 Å². The molecule has 1 amide bonds. The maximum atomic E-state index is 12.9. The van der Waals surface area contributed by atoms with Crippen LogP contribution in [0.15, 0.2) is 59.5 Å². The first-order valence-corrected chi connectivity index (χ1v) is 10.9. The Balaban J connectivity index is 1.51. The molecule has 12 nitrogen and oxygen atoms in total. The zero-order chi connectivity index (χ0) is 23.2. The van der Waals surface area contributed by atoms with Gasteiger partial charge in [0.15, 0.2) is 12.5 Å². The Labute approximate surface area is 188 Å². The molecule has 0 aliphatic rings. The second-order valence-electron chi connectivity index (χ2n) is 6.74. The van der Waals surface area contributed by atoms with Crippen molar-refractivity contribution in [3.63, 3.8) is 0 Å². The molecule has 0 aliphatic heterocycles. The van der Waals surface area contributed by atoms with Crippen LogP contribution in [-0.4, -0.2) is 49.1 Å². The van der Waals surface area contributed by atoms with Gasteiger partial charge in [0.2, 0.25) is 0 Å². The third-order valence-corrected chi connectivity index (χ3v) is 4.83. The fraction of sp³-hybridized carbons (Fsp3) is 0.200. The number of hydrogen-bond donors (Lipinski definition) is 2. The number of nitrogens with one attached hydrogen (secondary N) is 1. The van der Waals surface area contributed by atoms with Crippen LogP contribution in [0.5, 0.6) is 0 Å². The Morgan fingerprint density at radius 1 is 1.24 bits per heavy atom. The summed E-state index contributed by atoms with van der Waals surface area (Å²) in [5, 5.41) is 11.4. The lowest BCUT2D eigenvalue weighted by Crippen LogP contribution is -2.11. The van der Waals surface area contributed by atoms with Gasteiger partial charge in [0.1, 0.15) is 11.5 Å². The third kappa shape index (κ3) is 5.57. The van der Waals surface area contributed by atoms with Crippen molar-refractivity contribution >= 4 is 19.8 Å². The normalized spacial score (nSPS) is 11.5. The van der Waals surface area contributed by atoms with E-state index in [1.807, 2.05) is 6.07 Å². The fourth-order valence-electron chi connectivity index (χ4n) is 2.97. The summed E-state index contributed by atoms with van der Waals surface area (Å²) in [5.74, 6) is 0.0299. The Morgan fingerprint density at radius 2 is 2.12 bits per heavy atom. The number of rotatable bonds is 10. The summed E-state index contributed by atoms with van der Waals surface area (Å²) in [7, 11) is -1.12. The summed E-state index contributed by atoms with van der Waals surface area (Å²) < 4.78 is 29.1. The molecule has 0 aliphatic carbocycles. The van der Waals surface area contributed by atoms with Crippen LogP contribution in [0.3, 0.4) is 0 Å².